The summed E-state index contributed by atoms with van der Waals surface area (Å²) in [5, 5.41) is 5.69. The maximum atomic E-state index is 12.4. The van der Waals surface area contributed by atoms with Gasteiger partial charge in [-0.15, -0.1) is 0 Å². The maximum absolute atomic E-state index is 12.4. The molecular weight excluding hydrogens is 370 g/mol. The second-order valence-corrected chi connectivity index (χ2v) is 7.13. The molecule has 0 saturated carbocycles. The van der Waals surface area contributed by atoms with Crippen molar-refractivity contribution in [1.82, 2.24) is 20.3 Å². The Morgan fingerprint density at radius 1 is 1.24 bits per heavy atom. The summed E-state index contributed by atoms with van der Waals surface area (Å²) >= 11 is 0. The molecule has 152 valence electrons. The lowest BCUT2D eigenvalue weighted by molar-refractivity contribution is -0.116. The first-order valence-corrected chi connectivity index (χ1v) is 9.52. The Balaban J connectivity index is 1.64. The molecular formula is C21H25N5O3. The van der Waals surface area contributed by atoms with E-state index in [1.807, 2.05) is 26.0 Å². The second kappa shape index (κ2) is 9.18. The molecule has 8 nitrogen and oxygen atoms in total. The van der Waals surface area contributed by atoms with Crippen LogP contribution in [0.4, 0.5) is 5.69 Å². The van der Waals surface area contributed by atoms with Crippen molar-refractivity contribution in [3.63, 3.8) is 0 Å². The predicted molar refractivity (Wildman–Crippen MR) is 111 cm³/mol. The quantitative estimate of drug-likeness (QED) is 0.543. The van der Waals surface area contributed by atoms with E-state index < -0.39 is 0 Å². The third-order valence-electron chi connectivity index (χ3n) is 4.30. The van der Waals surface area contributed by atoms with Crippen molar-refractivity contribution in [3.8, 4) is 5.75 Å². The van der Waals surface area contributed by atoms with Gasteiger partial charge >= 0.3 is 0 Å². The highest BCUT2D eigenvalue weighted by molar-refractivity contribution is 5.98. The number of nitrogens with one attached hydrogen (secondary N) is 3. The van der Waals surface area contributed by atoms with Crippen molar-refractivity contribution in [1.29, 1.82) is 0 Å². The van der Waals surface area contributed by atoms with Gasteiger partial charge in [0.05, 0.1) is 18.3 Å². The van der Waals surface area contributed by atoms with E-state index in [9.17, 15) is 9.59 Å². The lowest BCUT2D eigenvalue weighted by atomic mass is 10.1. The molecule has 0 aliphatic carbocycles. The number of carbonyl (C=O) groups excluding carboxylic acids is 2. The monoisotopic (exact) mass is 395 g/mol. The molecule has 0 spiro atoms. The van der Waals surface area contributed by atoms with Gasteiger partial charge in [-0.25, -0.2) is 9.97 Å². The number of hydrogen-bond donors (Lipinski definition) is 3. The second-order valence-electron chi connectivity index (χ2n) is 7.13. The molecule has 0 atom stereocenters. The molecule has 1 aromatic carbocycles. The van der Waals surface area contributed by atoms with Gasteiger partial charge in [0, 0.05) is 31.1 Å². The first-order valence-electron chi connectivity index (χ1n) is 9.52. The standard InChI is InChI=1S/C21H25N5O3/c1-13(2)12-23-21(28)14-6-7-17(29-3)16(11-14)25-19(27)9-8-18-24-15-5-4-10-22-20(15)26-18/h4-7,10-11,13H,8-9,12H2,1-3H3,(H,23,28)(H,25,27)(H,22,24,26). The molecule has 3 rings (SSSR count). The van der Waals surface area contributed by atoms with Crippen LogP contribution in [-0.2, 0) is 11.2 Å². The van der Waals surface area contributed by atoms with E-state index in [-0.39, 0.29) is 18.2 Å². The molecule has 3 N–H and O–H groups in total. The van der Waals surface area contributed by atoms with Crippen molar-refractivity contribution in [2.24, 2.45) is 5.92 Å². The minimum absolute atomic E-state index is 0.188. The number of aromatic amines is 1. The van der Waals surface area contributed by atoms with Crippen molar-refractivity contribution in [2.45, 2.75) is 26.7 Å². The number of nitrogens with zero attached hydrogens (tertiary/aromatic N) is 2. The van der Waals surface area contributed by atoms with Gasteiger partial charge in [0.1, 0.15) is 11.6 Å². The molecule has 0 fully saturated rings. The van der Waals surface area contributed by atoms with Crippen LogP contribution in [0.2, 0.25) is 0 Å². The minimum atomic E-state index is -0.198. The SMILES string of the molecule is COc1ccc(C(=O)NCC(C)C)cc1NC(=O)CCc1nc2ncccc2[nH]1. The zero-order chi connectivity index (χ0) is 20.8. The van der Waals surface area contributed by atoms with Crippen LogP contribution in [-0.4, -0.2) is 40.4 Å². The number of amides is 2. The summed E-state index contributed by atoms with van der Waals surface area (Å²) < 4.78 is 5.31. The van der Waals surface area contributed by atoms with Crippen LogP contribution < -0.4 is 15.4 Å². The number of hydrogen-bond acceptors (Lipinski definition) is 5. The molecule has 8 heteroatoms. The largest absolute Gasteiger partial charge is 0.495 e. The molecule has 2 aromatic heterocycles. The Bertz CT molecular complexity index is 979. The highest BCUT2D eigenvalue weighted by Crippen LogP contribution is 2.26. The van der Waals surface area contributed by atoms with E-state index in [2.05, 4.69) is 25.6 Å². The number of methoxy groups -OCH3 is 1. The molecule has 2 amide bonds. The Morgan fingerprint density at radius 3 is 2.79 bits per heavy atom. The van der Waals surface area contributed by atoms with Gasteiger partial charge in [-0.3, -0.25) is 9.59 Å². The third-order valence-corrected chi connectivity index (χ3v) is 4.30. The molecule has 0 saturated heterocycles. The molecule has 0 aliphatic heterocycles. The number of imidazole rings is 1. The summed E-state index contributed by atoms with van der Waals surface area (Å²) in [5.41, 5.74) is 2.39. The zero-order valence-electron chi connectivity index (χ0n) is 16.8. The average molecular weight is 395 g/mol. The van der Waals surface area contributed by atoms with Crippen LogP contribution in [0.25, 0.3) is 11.2 Å². The first-order chi connectivity index (χ1) is 14.0. The number of aromatic nitrogens is 3. The zero-order valence-corrected chi connectivity index (χ0v) is 16.8. The van der Waals surface area contributed by atoms with E-state index in [1.54, 1.807) is 24.4 Å². The Hall–Kier alpha value is -3.42. The minimum Gasteiger partial charge on any atom is -0.495 e. The molecule has 0 radical (unpaired) electrons. The fraction of sp³-hybridized carbons (Fsp3) is 0.333. The summed E-state index contributed by atoms with van der Waals surface area (Å²) in [6, 6.07) is 8.68. The molecule has 2 heterocycles. The van der Waals surface area contributed by atoms with Gasteiger partial charge in [-0.1, -0.05) is 13.8 Å². The summed E-state index contributed by atoms with van der Waals surface area (Å²) in [6.07, 6.45) is 2.35. The van der Waals surface area contributed by atoms with Crippen molar-refractivity contribution in [3.05, 3.63) is 47.9 Å². The summed E-state index contributed by atoms with van der Waals surface area (Å²) in [4.78, 5) is 36.4. The maximum Gasteiger partial charge on any atom is 0.251 e. The number of H-pyrrole nitrogens is 1. The van der Waals surface area contributed by atoms with Gasteiger partial charge < -0.3 is 20.4 Å². The molecule has 0 bridgehead atoms. The van der Waals surface area contributed by atoms with Gasteiger partial charge in [-0.05, 0) is 36.2 Å². The molecule has 0 unspecified atom stereocenters. The van der Waals surface area contributed by atoms with E-state index in [4.69, 9.17) is 4.74 Å². The number of anilines is 1. The van der Waals surface area contributed by atoms with Crippen LogP contribution >= 0.6 is 0 Å². The van der Waals surface area contributed by atoms with Crippen molar-refractivity contribution >= 4 is 28.7 Å². The van der Waals surface area contributed by atoms with E-state index in [0.717, 1.165) is 5.52 Å². The number of ether oxygens (including phenoxy) is 1. The van der Waals surface area contributed by atoms with Crippen LogP contribution in [0.3, 0.4) is 0 Å². The normalized spacial score (nSPS) is 10.9. The highest BCUT2D eigenvalue weighted by Gasteiger charge is 2.13. The fourth-order valence-corrected chi connectivity index (χ4v) is 2.80. The molecule has 3 aromatic rings. The summed E-state index contributed by atoms with van der Waals surface area (Å²) in [5.74, 6) is 1.15. The Morgan fingerprint density at radius 2 is 2.07 bits per heavy atom. The van der Waals surface area contributed by atoms with E-state index >= 15 is 0 Å². The van der Waals surface area contributed by atoms with Gasteiger partial charge in [0.25, 0.3) is 5.91 Å². The number of carbonyl (C=O) groups is 2. The van der Waals surface area contributed by atoms with Gasteiger partial charge in [0.2, 0.25) is 5.91 Å². The molecule has 29 heavy (non-hydrogen) atoms. The lowest BCUT2D eigenvalue weighted by Gasteiger charge is -2.13. The molecule has 0 aliphatic rings. The fourth-order valence-electron chi connectivity index (χ4n) is 2.80. The topological polar surface area (TPSA) is 109 Å². The van der Waals surface area contributed by atoms with Gasteiger partial charge in [-0.2, -0.15) is 0 Å². The summed E-state index contributed by atoms with van der Waals surface area (Å²) in [6.45, 7) is 4.63. The predicted octanol–water partition coefficient (Wildman–Crippen LogP) is 2.92. The van der Waals surface area contributed by atoms with E-state index in [0.29, 0.717) is 47.4 Å². The third kappa shape index (κ3) is 5.31. The number of pyridine rings is 1. The van der Waals surface area contributed by atoms with E-state index in [1.165, 1.54) is 7.11 Å². The van der Waals surface area contributed by atoms with Crippen molar-refractivity contribution in [2.75, 3.05) is 19.0 Å². The number of aryl methyl sites for hydroxylation is 1. The number of benzene rings is 1. The van der Waals surface area contributed by atoms with Gasteiger partial charge in [0.15, 0.2) is 5.65 Å². The van der Waals surface area contributed by atoms with Crippen LogP contribution in [0.15, 0.2) is 36.5 Å². The van der Waals surface area contributed by atoms with Crippen LogP contribution in [0.5, 0.6) is 5.75 Å². The Labute approximate surface area is 169 Å². The Kier molecular flexibility index (Phi) is 6.43. The highest BCUT2D eigenvalue weighted by atomic mass is 16.5. The first kappa shape index (κ1) is 20.3. The summed E-state index contributed by atoms with van der Waals surface area (Å²) in [7, 11) is 1.52. The van der Waals surface area contributed by atoms with Crippen LogP contribution in [0, 0.1) is 5.92 Å². The van der Waals surface area contributed by atoms with Crippen LogP contribution in [0.1, 0.15) is 36.5 Å². The lowest BCUT2D eigenvalue weighted by Crippen LogP contribution is -2.27. The van der Waals surface area contributed by atoms with Crippen molar-refractivity contribution < 1.29 is 14.3 Å². The number of fused-ring (bicyclic) bond motifs is 1. The average Bonchev–Trinajstić information content (AvgIpc) is 3.13. The smallest absolute Gasteiger partial charge is 0.251 e. The number of rotatable bonds is 8.